The topological polar surface area (TPSA) is 123 Å². The Hall–Kier alpha value is -3.57. The van der Waals surface area contributed by atoms with Gasteiger partial charge in [0.15, 0.2) is 0 Å². The molecule has 0 radical (unpaired) electrons. The number of benzene rings is 1. The zero-order valence-electron chi connectivity index (χ0n) is 22.0. The largest absolute Gasteiger partial charge is 0.372 e. The number of piperidine rings is 1. The van der Waals surface area contributed by atoms with E-state index in [9.17, 15) is 9.18 Å². The summed E-state index contributed by atoms with van der Waals surface area (Å²) in [6.45, 7) is 7.66. The molecule has 5 rings (SSSR count). The van der Waals surface area contributed by atoms with Crippen molar-refractivity contribution in [3.8, 4) is 11.3 Å². The molecule has 4 heterocycles. The molecule has 0 saturated carbocycles. The quantitative estimate of drug-likeness (QED) is 0.415. The molecule has 2 aliphatic heterocycles. The van der Waals surface area contributed by atoms with Crippen molar-refractivity contribution in [2.45, 2.75) is 64.1 Å². The third-order valence-corrected chi connectivity index (χ3v) is 7.31. The Morgan fingerprint density at radius 2 is 2.18 bits per heavy atom. The Morgan fingerprint density at radius 3 is 2.95 bits per heavy atom. The number of carbonyl (C=O) groups excluding carboxylic acids is 1. The van der Waals surface area contributed by atoms with Crippen molar-refractivity contribution in [1.29, 1.82) is 0 Å². The van der Waals surface area contributed by atoms with Crippen LogP contribution < -0.4 is 16.4 Å². The molecule has 10 nitrogen and oxygen atoms in total. The van der Waals surface area contributed by atoms with Gasteiger partial charge in [0.25, 0.3) is 0 Å². The minimum absolute atomic E-state index is 0.0427. The molecule has 4 atom stereocenters. The Balaban J connectivity index is 1.33. The van der Waals surface area contributed by atoms with Gasteiger partial charge in [-0.1, -0.05) is 18.2 Å². The number of urea groups is 1. The van der Waals surface area contributed by atoms with Gasteiger partial charge in [0.2, 0.25) is 5.95 Å². The lowest BCUT2D eigenvalue weighted by Gasteiger charge is -2.47. The number of nitrogens with zero attached hydrogens (tertiary/aromatic N) is 5. The van der Waals surface area contributed by atoms with Crippen molar-refractivity contribution in [2.24, 2.45) is 5.73 Å². The summed E-state index contributed by atoms with van der Waals surface area (Å²) in [5.74, 6) is 0.429. The van der Waals surface area contributed by atoms with Crippen LogP contribution >= 0.6 is 0 Å². The molecule has 2 aliphatic rings. The van der Waals surface area contributed by atoms with Gasteiger partial charge in [0.05, 0.1) is 48.4 Å². The maximum Gasteiger partial charge on any atom is 0.315 e. The second-order valence-corrected chi connectivity index (χ2v) is 10.3. The summed E-state index contributed by atoms with van der Waals surface area (Å²) >= 11 is 0. The van der Waals surface area contributed by atoms with Gasteiger partial charge in [-0.25, -0.2) is 19.2 Å². The van der Waals surface area contributed by atoms with E-state index in [2.05, 4.69) is 33.7 Å². The minimum Gasteiger partial charge on any atom is -0.372 e. The average Bonchev–Trinajstić information content (AvgIpc) is 3.33. The first kappa shape index (κ1) is 26.1. The third-order valence-electron chi connectivity index (χ3n) is 7.31. The maximum atomic E-state index is 14.3. The van der Waals surface area contributed by atoms with Gasteiger partial charge in [-0.2, -0.15) is 5.10 Å². The molecule has 0 bridgehead atoms. The highest BCUT2D eigenvalue weighted by atomic mass is 19.1. The van der Waals surface area contributed by atoms with Gasteiger partial charge in [-0.05, 0) is 57.4 Å². The van der Waals surface area contributed by atoms with E-state index in [-0.39, 0.29) is 24.3 Å². The number of carbonyl (C=O) groups is 1. The summed E-state index contributed by atoms with van der Waals surface area (Å²) in [6.07, 6.45) is 5.54. The van der Waals surface area contributed by atoms with E-state index in [1.54, 1.807) is 28.2 Å². The number of ether oxygens (including phenoxy) is 1. The molecular formula is C27H35FN8O2. The standard InChI is InChI=1S/C27H35FN8O2/c1-16(2)38-25-15-35(26(29)37)24(25)11-18-5-4-6-20(17(18)3)22-7-10-31-27(34-22)33-19-12-32-36(14-19)23-8-9-30-13-21(23)28/h4-7,10,12,14,16,21,23-25,30H,8-9,11,13,15H2,1-3H3,(H2,29,37)(H,31,33,34). The fraction of sp³-hybridized carbons (Fsp3) is 0.481. The summed E-state index contributed by atoms with van der Waals surface area (Å²) in [7, 11) is 0. The fourth-order valence-electron chi connectivity index (χ4n) is 5.29. The third kappa shape index (κ3) is 5.48. The lowest BCUT2D eigenvalue weighted by Crippen LogP contribution is -2.65. The van der Waals surface area contributed by atoms with E-state index in [1.807, 2.05) is 32.0 Å². The first-order valence-corrected chi connectivity index (χ1v) is 13.1. The van der Waals surface area contributed by atoms with Crippen LogP contribution in [0, 0.1) is 6.92 Å². The SMILES string of the molecule is Cc1c(CC2C(OC(C)C)CN2C(N)=O)cccc1-c1ccnc(Nc2cnn(C3CCNCC3F)c2)n1. The molecule has 1 aromatic carbocycles. The van der Waals surface area contributed by atoms with Gasteiger partial charge < -0.3 is 26.0 Å². The van der Waals surface area contributed by atoms with Crippen LogP contribution in [0.5, 0.6) is 0 Å². The van der Waals surface area contributed by atoms with Crippen LogP contribution in [0.4, 0.5) is 20.8 Å². The predicted molar refractivity (Wildman–Crippen MR) is 143 cm³/mol. The number of alkyl halides is 1. The number of rotatable bonds is 8. The Morgan fingerprint density at radius 1 is 1.34 bits per heavy atom. The summed E-state index contributed by atoms with van der Waals surface area (Å²) in [5.41, 5.74) is 10.2. The van der Waals surface area contributed by atoms with Crippen LogP contribution in [0.25, 0.3) is 11.3 Å². The van der Waals surface area contributed by atoms with E-state index < -0.39 is 12.2 Å². The monoisotopic (exact) mass is 522 g/mol. The first-order valence-electron chi connectivity index (χ1n) is 13.1. The highest BCUT2D eigenvalue weighted by molar-refractivity contribution is 5.74. The molecule has 202 valence electrons. The molecule has 11 heteroatoms. The zero-order valence-corrected chi connectivity index (χ0v) is 22.0. The number of nitrogens with two attached hydrogens (primary N) is 1. The van der Waals surface area contributed by atoms with E-state index >= 15 is 0 Å². The van der Waals surface area contributed by atoms with E-state index in [1.165, 1.54) is 0 Å². The number of halogens is 1. The maximum absolute atomic E-state index is 14.3. The van der Waals surface area contributed by atoms with Crippen molar-refractivity contribution in [1.82, 2.24) is 30.0 Å². The number of aromatic nitrogens is 4. The lowest BCUT2D eigenvalue weighted by atomic mass is 9.88. The van der Waals surface area contributed by atoms with Crippen molar-refractivity contribution < 1.29 is 13.9 Å². The van der Waals surface area contributed by atoms with Crippen molar-refractivity contribution in [2.75, 3.05) is 25.0 Å². The van der Waals surface area contributed by atoms with E-state index in [0.717, 1.165) is 28.9 Å². The summed E-state index contributed by atoms with van der Waals surface area (Å²) in [4.78, 5) is 22.7. The number of nitrogens with one attached hydrogen (secondary N) is 2. The Labute approximate surface area is 221 Å². The normalized spacial score (nSPS) is 23.3. The Kier molecular flexibility index (Phi) is 7.57. The second kappa shape index (κ2) is 11.0. The molecule has 0 aliphatic carbocycles. The highest BCUT2D eigenvalue weighted by Crippen LogP contribution is 2.31. The minimum atomic E-state index is -0.978. The van der Waals surface area contributed by atoms with Crippen molar-refractivity contribution in [3.63, 3.8) is 0 Å². The number of primary amides is 1. The molecule has 4 unspecified atom stereocenters. The number of amides is 2. The summed E-state index contributed by atoms with van der Waals surface area (Å²) in [5, 5.41) is 10.6. The molecule has 0 spiro atoms. The van der Waals surface area contributed by atoms with Crippen LogP contribution in [0.2, 0.25) is 0 Å². The van der Waals surface area contributed by atoms with Crippen molar-refractivity contribution >= 4 is 17.7 Å². The van der Waals surface area contributed by atoms with Gasteiger partial charge in [0, 0.05) is 24.5 Å². The summed E-state index contributed by atoms with van der Waals surface area (Å²) < 4.78 is 22.0. The van der Waals surface area contributed by atoms with Crippen LogP contribution in [-0.4, -0.2) is 74.7 Å². The number of hydrogen-bond donors (Lipinski definition) is 3. The highest BCUT2D eigenvalue weighted by Gasteiger charge is 2.42. The van der Waals surface area contributed by atoms with Gasteiger partial charge >= 0.3 is 6.03 Å². The zero-order chi connectivity index (χ0) is 26.8. The molecule has 38 heavy (non-hydrogen) atoms. The average molecular weight is 523 g/mol. The van der Waals surface area contributed by atoms with Crippen LogP contribution in [0.3, 0.4) is 0 Å². The van der Waals surface area contributed by atoms with Crippen LogP contribution in [-0.2, 0) is 11.2 Å². The number of anilines is 2. The number of likely N-dealkylation sites (tertiary alicyclic amines) is 1. The molecule has 2 fully saturated rings. The molecular weight excluding hydrogens is 487 g/mol. The number of hydrogen-bond acceptors (Lipinski definition) is 7. The fourth-order valence-corrected chi connectivity index (χ4v) is 5.29. The van der Waals surface area contributed by atoms with E-state index in [4.69, 9.17) is 15.5 Å². The van der Waals surface area contributed by atoms with Gasteiger partial charge in [0.1, 0.15) is 6.17 Å². The van der Waals surface area contributed by atoms with Crippen molar-refractivity contribution in [3.05, 3.63) is 54.0 Å². The predicted octanol–water partition coefficient (Wildman–Crippen LogP) is 3.36. The van der Waals surface area contributed by atoms with E-state index in [0.29, 0.717) is 37.6 Å². The molecule has 3 aromatic rings. The molecule has 2 aromatic heterocycles. The molecule has 2 amide bonds. The second-order valence-electron chi connectivity index (χ2n) is 10.3. The molecule has 4 N–H and O–H groups in total. The van der Waals surface area contributed by atoms with Crippen LogP contribution in [0.1, 0.15) is 37.4 Å². The molecule has 2 saturated heterocycles. The smallest absolute Gasteiger partial charge is 0.315 e. The first-order chi connectivity index (χ1) is 18.3. The lowest BCUT2D eigenvalue weighted by molar-refractivity contribution is -0.103. The van der Waals surface area contributed by atoms with Gasteiger partial charge in [-0.3, -0.25) is 4.68 Å². The Bertz CT molecular complexity index is 1280. The van der Waals surface area contributed by atoms with Gasteiger partial charge in [-0.15, -0.1) is 0 Å². The van der Waals surface area contributed by atoms with Crippen LogP contribution in [0.15, 0.2) is 42.9 Å². The summed E-state index contributed by atoms with van der Waals surface area (Å²) in [6, 6.07) is 7.14.